The van der Waals surface area contributed by atoms with Gasteiger partial charge in [-0.1, -0.05) is 23.2 Å². The molecule has 10 heteroatoms. The number of nitrogens with zero attached hydrogens (tertiary/aromatic N) is 8. The minimum Gasteiger partial charge on any atom is -0.318 e. The Balaban J connectivity index is 0.000000152. The second kappa shape index (κ2) is 13.6. The van der Waals surface area contributed by atoms with Gasteiger partial charge in [-0.2, -0.15) is 0 Å². The summed E-state index contributed by atoms with van der Waals surface area (Å²) in [5.41, 5.74) is 12.0. The molecule has 6 aromatic rings. The van der Waals surface area contributed by atoms with Crippen LogP contribution in [-0.2, 0) is 25.9 Å². The van der Waals surface area contributed by atoms with E-state index in [-0.39, 0.29) is 0 Å². The van der Waals surface area contributed by atoms with Gasteiger partial charge in [0, 0.05) is 83.2 Å². The van der Waals surface area contributed by atoms with Crippen molar-refractivity contribution in [1.29, 1.82) is 0 Å². The van der Waals surface area contributed by atoms with Gasteiger partial charge in [0.25, 0.3) is 0 Å². The Morgan fingerprint density at radius 3 is 1.48 bits per heavy atom. The van der Waals surface area contributed by atoms with Crippen LogP contribution in [0, 0.1) is 0 Å². The fourth-order valence-electron chi connectivity index (χ4n) is 6.85. The highest BCUT2D eigenvalue weighted by molar-refractivity contribution is 6.31. The first-order chi connectivity index (χ1) is 23.3. The van der Waals surface area contributed by atoms with Crippen molar-refractivity contribution in [3.05, 3.63) is 118 Å². The van der Waals surface area contributed by atoms with Crippen LogP contribution in [0.15, 0.2) is 73.6 Å². The molecule has 2 aromatic carbocycles. The van der Waals surface area contributed by atoms with E-state index in [0.29, 0.717) is 0 Å². The Morgan fingerprint density at radius 1 is 0.646 bits per heavy atom. The van der Waals surface area contributed by atoms with E-state index >= 15 is 0 Å². The molecule has 8 nitrogen and oxygen atoms in total. The van der Waals surface area contributed by atoms with E-state index < -0.39 is 0 Å². The molecule has 48 heavy (non-hydrogen) atoms. The molecule has 0 amide bonds. The normalized spacial score (nSPS) is 15.7. The summed E-state index contributed by atoms with van der Waals surface area (Å²) in [6.45, 7) is 8.21. The van der Waals surface area contributed by atoms with E-state index in [1.165, 1.54) is 44.3 Å². The lowest BCUT2D eigenvalue weighted by Gasteiger charge is -2.24. The van der Waals surface area contributed by atoms with Gasteiger partial charge in [0.15, 0.2) is 0 Å². The molecule has 0 saturated heterocycles. The van der Waals surface area contributed by atoms with Crippen LogP contribution in [0.25, 0.3) is 45.4 Å². The molecule has 4 aromatic heterocycles. The molecule has 0 aliphatic carbocycles. The van der Waals surface area contributed by atoms with Crippen LogP contribution in [-0.4, -0.2) is 66.1 Å². The SMILES string of the molecule is C/C(=C/n1c2c(c3cc(Cl)ccc31)CCN(C)C2)c1ccncn1.C/C(=C\n1c2c(c3cc(Cl)ccc31)CCN(C)C2)c1ccncn1. The maximum absolute atomic E-state index is 6.25. The zero-order chi connectivity index (χ0) is 33.4. The molecule has 0 atom stereocenters. The number of rotatable bonds is 4. The first kappa shape index (κ1) is 32.2. The van der Waals surface area contributed by atoms with Gasteiger partial charge in [-0.25, -0.2) is 19.9 Å². The van der Waals surface area contributed by atoms with Gasteiger partial charge in [-0.05, 0) is 112 Å². The molecule has 244 valence electrons. The third-order valence-electron chi connectivity index (χ3n) is 9.31. The highest BCUT2D eigenvalue weighted by Gasteiger charge is 2.23. The number of fused-ring (bicyclic) bond motifs is 6. The molecule has 0 bridgehead atoms. The Hall–Kier alpha value is -4.34. The molecular weight excluding hydrogens is 639 g/mol. The van der Waals surface area contributed by atoms with Crippen molar-refractivity contribution < 1.29 is 0 Å². The second-order valence-electron chi connectivity index (χ2n) is 12.7. The minimum atomic E-state index is 0.790. The molecule has 2 aliphatic heterocycles. The number of hydrogen-bond donors (Lipinski definition) is 0. The highest BCUT2D eigenvalue weighted by Crippen LogP contribution is 2.35. The fraction of sp³-hybridized carbons (Fsp3) is 0.263. The zero-order valence-corrected chi connectivity index (χ0v) is 29.2. The summed E-state index contributed by atoms with van der Waals surface area (Å²) in [6, 6.07) is 16.2. The van der Waals surface area contributed by atoms with Gasteiger partial charge >= 0.3 is 0 Å². The van der Waals surface area contributed by atoms with E-state index in [2.05, 4.69) is 103 Å². The van der Waals surface area contributed by atoms with Crippen molar-refractivity contribution in [2.45, 2.75) is 39.8 Å². The van der Waals surface area contributed by atoms with Crippen molar-refractivity contribution in [2.75, 3.05) is 27.2 Å². The Labute approximate surface area is 291 Å². The molecule has 2 aliphatic rings. The zero-order valence-electron chi connectivity index (χ0n) is 27.7. The van der Waals surface area contributed by atoms with E-state index in [4.69, 9.17) is 23.2 Å². The van der Waals surface area contributed by atoms with Crippen LogP contribution in [0.2, 0.25) is 10.0 Å². The van der Waals surface area contributed by atoms with E-state index in [1.807, 2.05) is 24.3 Å². The van der Waals surface area contributed by atoms with Crippen LogP contribution < -0.4 is 0 Å². The molecule has 0 N–H and O–H groups in total. The smallest absolute Gasteiger partial charge is 0.116 e. The third kappa shape index (κ3) is 6.41. The van der Waals surface area contributed by atoms with Crippen molar-refractivity contribution in [1.82, 2.24) is 38.9 Å². The number of benzene rings is 2. The Morgan fingerprint density at radius 2 is 1.08 bits per heavy atom. The van der Waals surface area contributed by atoms with Crippen molar-refractivity contribution in [3.8, 4) is 0 Å². The lowest BCUT2D eigenvalue weighted by molar-refractivity contribution is 0.308. The van der Waals surface area contributed by atoms with E-state index in [9.17, 15) is 0 Å². The quantitative estimate of drug-likeness (QED) is 0.188. The van der Waals surface area contributed by atoms with E-state index in [0.717, 1.165) is 71.6 Å². The maximum Gasteiger partial charge on any atom is 0.116 e. The first-order valence-corrected chi connectivity index (χ1v) is 16.9. The van der Waals surface area contributed by atoms with Gasteiger partial charge in [0.2, 0.25) is 0 Å². The molecule has 0 fully saturated rings. The predicted molar refractivity (Wildman–Crippen MR) is 198 cm³/mol. The third-order valence-corrected chi connectivity index (χ3v) is 9.78. The molecular formula is C38H38Cl2N8. The Bertz CT molecular complexity index is 2010. The van der Waals surface area contributed by atoms with Crippen molar-refractivity contribution in [3.63, 3.8) is 0 Å². The van der Waals surface area contributed by atoms with Gasteiger partial charge in [-0.3, -0.25) is 0 Å². The second-order valence-corrected chi connectivity index (χ2v) is 13.6. The minimum absolute atomic E-state index is 0.790. The van der Waals surface area contributed by atoms with Crippen LogP contribution in [0.1, 0.15) is 47.8 Å². The largest absolute Gasteiger partial charge is 0.318 e. The summed E-state index contributed by atoms with van der Waals surface area (Å²) in [7, 11) is 4.33. The molecule has 0 unspecified atom stereocenters. The maximum atomic E-state index is 6.25. The van der Waals surface area contributed by atoms with Gasteiger partial charge in [0.1, 0.15) is 12.7 Å². The summed E-state index contributed by atoms with van der Waals surface area (Å²) in [5.74, 6) is 0. The molecule has 0 spiro atoms. The summed E-state index contributed by atoms with van der Waals surface area (Å²) >= 11 is 12.5. The standard InChI is InChI=1S/2C19H19ClN4/c2*1-13(17-5-7-21-12-22-17)10-24-18-4-3-14(20)9-16(18)15-6-8-23(2)11-19(15)24/h2*3-5,7,9-10,12H,6,8,11H2,1-2H3/b13-10+;13-10-. The molecule has 8 rings (SSSR count). The van der Waals surface area contributed by atoms with Gasteiger partial charge < -0.3 is 18.9 Å². The van der Waals surface area contributed by atoms with Gasteiger partial charge in [0.05, 0.1) is 22.4 Å². The van der Waals surface area contributed by atoms with Crippen LogP contribution >= 0.6 is 23.2 Å². The average Bonchev–Trinajstić information content (AvgIpc) is 3.55. The lowest BCUT2D eigenvalue weighted by Crippen LogP contribution is -2.27. The fourth-order valence-corrected chi connectivity index (χ4v) is 7.20. The lowest BCUT2D eigenvalue weighted by atomic mass is 10.0. The predicted octanol–water partition coefficient (Wildman–Crippen LogP) is 8.18. The Kier molecular flexibility index (Phi) is 9.16. The summed E-state index contributed by atoms with van der Waals surface area (Å²) in [6.07, 6.45) is 13.2. The summed E-state index contributed by atoms with van der Waals surface area (Å²) < 4.78 is 4.60. The molecule has 0 radical (unpaired) electrons. The molecule has 6 heterocycles. The van der Waals surface area contributed by atoms with Crippen molar-refractivity contribution in [2.24, 2.45) is 0 Å². The van der Waals surface area contributed by atoms with Crippen LogP contribution in [0.3, 0.4) is 0 Å². The number of halogens is 2. The topological polar surface area (TPSA) is 67.9 Å². The van der Waals surface area contributed by atoms with Crippen LogP contribution in [0.5, 0.6) is 0 Å². The highest BCUT2D eigenvalue weighted by atomic mass is 35.5. The molecule has 0 saturated carbocycles. The number of hydrogen-bond acceptors (Lipinski definition) is 6. The van der Waals surface area contributed by atoms with Crippen LogP contribution in [0.4, 0.5) is 0 Å². The number of allylic oxidation sites excluding steroid dienone is 2. The summed E-state index contributed by atoms with van der Waals surface area (Å²) in [4.78, 5) is 21.4. The number of likely N-dealkylation sites (N-methyl/N-ethyl adjacent to an activating group) is 2. The van der Waals surface area contributed by atoms with E-state index in [1.54, 1.807) is 25.0 Å². The number of aromatic nitrogens is 6. The van der Waals surface area contributed by atoms with Crippen molar-refractivity contribution >= 4 is 68.6 Å². The average molecular weight is 678 g/mol. The van der Waals surface area contributed by atoms with Gasteiger partial charge in [-0.15, -0.1) is 0 Å². The first-order valence-electron chi connectivity index (χ1n) is 16.2. The summed E-state index contributed by atoms with van der Waals surface area (Å²) in [5, 5.41) is 4.10. The monoisotopic (exact) mass is 676 g/mol.